The first-order valence-corrected chi connectivity index (χ1v) is 9.50. The molecule has 0 bridgehead atoms. The van der Waals surface area contributed by atoms with Crippen LogP contribution in [0.2, 0.25) is 0 Å². The molecule has 6 heteroatoms. The Morgan fingerprint density at radius 1 is 0.933 bits per heavy atom. The van der Waals surface area contributed by atoms with E-state index < -0.39 is 5.97 Å². The second-order valence-corrected chi connectivity index (χ2v) is 6.48. The average molecular weight is 402 g/mol. The van der Waals surface area contributed by atoms with Crippen molar-refractivity contribution < 1.29 is 19.1 Å². The first-order chi connectivity index (χ1) is 14.5. The lowest BCUT2D eigenvalue weighted by molar-refractivity contribution is 0.0734. The summed E-state index contributed by atoms with van der Waals surface area (Å²) in [6, 6.07) is 20.9. The summed E-state index contributed by atoms with van der Waals surface area (Å²) in [5, 5.41) is 3.96. The number of hydrogen-bond donors (Lipinski definition) is 1. The predicted octanol–water partition coefficient (Wildman–Crippen LogP) is 4.38. The molecule has 3 aromatic rings. The lowest BCUT2D eigenvalue weighted by atomic mass is 10.1. The van der Waals surface area contributed by atoms with Gasteiger partial charge in [0.2, 0.25) is 0 Å². The van der Waals surface area contributed by atoms with Crippen LogP contribution in [-0.4, -0.2) is 24.7 Å². The fourth-order valence-corrected chi connectivity index (χ4v) is 2.66. The molecule has 0 heterocycles. The van der Waals surface area contributed by atoms with Gasteiger partial charge in [-0.1, -0.05) is 17.7 Å². The molecule has 0 spiro atoms. The van der Waals surface area contributed by atoms with Crippen LogP contribution in [0.3, 0.4) is 0 Å². The third kappa shape index (κ3) is 5.78. The summed E-state index contributed by atoms with van der Waals surface area (Å²) in [6.45, 7) is 4.38. The van der Waals surface area contributed by atoms with Crippen LogP contribution in [0.25, 0.3) is 0 Å². The molecule has 1 N–H and O–H groups in total. The van der Waals surface area contributed by atoms with E-state index in [1.807, 2.05) is 26.0 Å². The van der Waals surface area contributed by atoms with E-state index in [0.29, 0.717) is 29.2 Å². The van der Waals surface area contributed by atoms with Crippen LogP contribution in [-0.2, 0) is 0 Å². The third-order valence-corrected chi connectivity index (χ3v) is 4.15. The topological polar surface area (TPSA) is 77.0 Å². The van der Waals surface area contributed by atoms with E-state index in [1.54, 1.807) is 60.7 Å². The smallest absolute Gasteiger partial charge is 0.343 e. The van der Waals surface area contributed by atoms with Gasteiger partial charge in [0, 0.05) is 5.56 Å². The van der Waals surface area contributed by atoms with Crippen molar-refractivity contribution in [2.45, 2.75) is 13.8 Å². The van der Waals surface area contributed by atoms with E-state index in [-0.39, 0.29) is 5.91 Å². The van der Waals surface area contributed by atoms with Crippen LogP contribution in [0.4, 0.5) is 0 Å². The molecule has 0 unspecified atom stereocenters. The van der Waals surface area contributed by atoms with Crippen LogP contribution in [0, 0.1) is 6.92 Å². The van der Waals surface area contributed by atoms with Gasteiger partial charge >= 0.3 is 5.97 Å². The zero-order chi connectivity index (χ0) is 21.3. The number of esters is 1. The maximum atomic E-state index is 12.2. The minimum Gasteiger partial charge on any atom is -0.494 e. The maximum Gasteiger partial charge on any atom is 0.343 e. The Morgan fingerprint density at radius 3 is 2.30 bits per heavy atom. The predicted molar refractivity (Wildman–Crippen MR) is 115 cm³/mol. The Labute approximate surface area is 175 Å². The molecule has 30 heavy (non-hydrogen) atoms. The molecule has 0 aliphatic rings. The number of carbonyl (C=O) groups is 2. The van der Waals surface area contributed by atoms with Gasteiger partial charge in [-0.2, -0.15) is 5.10 Å². The monoisotopic (exact) mass is 402 g/mol. The fourth-order valence-electron chi connectivity index (χ4n) is 2.66. The number of carbonyl (C=O) groups excluding carboxylic acids is 2. The van der Waals surface area contributed by atoms with Crippen LogP contribution in [0.1, 0.15) is 38.8 Å². The van der Waals surface area contributed by atoms with Crippen LogP contribution in [0.15, 0.2) is 77.9 Å². The standard InChI is InChI=1S/C24H22N2O4/c1-3-29-21-13-9-19(10-14-21)23(27)26-25-16-18-7-11-22(12-8-18)30-24(28)20-6-4-5-17(2)15-20/h4-16H,3H2,1-2H3,(H,26,27)/b25-16+. The molecule has 1 amide bonds. The summed E-state index contributed by atoms with van der Waals surface area (Å²) in [6.07, 6.45) is 1.51. The van der Waals surface area contributed by atoms with Gasteiger partial charge < -0.3 is 9.47 Å². The highest BCUT2D eigenvalue weighted by molar-refractivity contribution is 5.95. The molecule has 0 aliphatic carbocycles. The van der Waals surface area contributed by atoms with Crippen molar-refractivity contribution >= 4 is 18.1 Å². The molecular weight excluding hydrogens is 380 g/mol. The zero-order valence-electron chi connectivity index (χ0n) is 16.8. The molecule has 3 aromatic carbocycles. The lowest BCUT2D eigenvalue weighted by Gasteiger charge is -2.05. The first kappa shape index (κ1) is 20.8. The van der Waals surface area contributed by atoms with Gasteiger partial charge in [0.15, 0.2) is 0 Å². The number of aryl methyl sites for hydroxylation is 1. The number of amides is 1. The molecule has 6 nitrogen and oxygen atoms in total. The van der Waals surface area contributed by atoms with Gasteiger partial charge in [0.1, 0.15) is 11.5 Å². The average Bonchev–Trinajstić information content (AvgIpc) is 2.75. The van der Waals surface area contributed by atoms with E-state index in [0.717, 1.165) is 11.1 Å². The van der Waals surface area contributed by atoms with Gasteiger partial charge in [-0.05, 0) is 80.1 Å². The Balaban J connectivity index is 1.54. The lowest BCUT2D eigenvalue weighted by Crippen LogP contribution is -2.17. The van der Waals surface area contributed by atoms with Crippen molar-refractivity contribution in [2.75, 3.05) is 6.61 Å². The summed E-state index contributed by atoms with van der Waals surface area (Å²) in [5.41, 5.74) is 5.19. The molecule has 0 fully saturated rings. The largest absolute Gasteiger partial charge is 0.494 e. The minimum absolute atomic E-state index is 0.321. The zero-order valence-corrected chi connectivity index (χ0v) is 16.8. The summed E-state index contributed by atoms with van der Waals surface area (Å²) >= 11 is 0. The van der Waals surface area contributed by atoms with E-state index >= 15 is 0 Å². The van der Waals surface area contributed by atoms with Crippen molar-refractivity contribution in [3.05, 3.63) is 95.1 Å². The van der Waals surface area contributed by atoms with Crippen molar-refractivity contribution in [2.24, 2.45) is 5.10 Å². The molecule has 0 radical (unpaired) electrons. The molecule has 0 aromatic heterocycles. The van der Waals surface area contributed by atoms with E-state index in [1.165, 1.54) is 6.21 Å². The summed E-state index contributed by atoms with van der Waals surface area (Å²) in [5.74, 6) is 0.401. The van der Waals surface area contributed by atoms with E-state index in [4.69, 9.17) is 9.47 Å². The Morgan fingerprint density at radius 2 is 1.63 bits per heavy atom. The second-order valence-electron chi connectivity index (χ2n) is 6.48. The van der Waals surface area contributed by atoms with E-state index in [2.05, 4.69) is 10.5 Å². The van der Waals surface area contributed by atoms with Crippen LogP contribution < -0.4 is 14.9 Å². The highest BCUT2D eigenvalue weighted by Gasteiger charge is 2.08. The van der Waals surface area contributed by atoms with Gasteiger partial charge in [0.25, 0.3) is 5.91 Å². The number of nitrogens with zero attached hydrogens (tertiary/aromatic N) is 1. The van der Waals surface area contributed by atoms with Crippen molar-refractivity contribution in [1.29, 1.82) is 0 Å². The van der Waals surface area contributed by atoms with Gasteiger partial charge in [0.05, 0.1) is 18.4 Å². The third-order valence-electron chi connectivity index (χ3n) is 4.15. The Hall–Kier alpha value is -3.93. The number of ether oxygens (including phenoxy) is 2. The molecule has 0 saturated heterocycles. The number of rotatable bonds is 7. The number of hydrogen-bond acceptors (Lipinski definition) is 5. The highest BCUT2D eigenvalue weighted by atomic mass is 16.5. The summed E-state index contributed by atoms with van der Waals surface area (Å²) in [7, 11) is 0. The fraction of sp³-hybridized carbons (Fsp3) is 0.125. The molecule has 0 atom stereocenters. The summed E-state index contributed by atoms with van der Waals surface area (Å²) < 4.78 is 10.7. The van der Waals surface area contributed by atoms with Crippen molar-refractivity contribution in [1.82, 2.24) is 5.43 Å². The van der Waals surface area contributed by atoms with Crippen LogP contribution in [0.5, 0.6) is 11.5 Å². The Bertz CT molecular complexity index is 1040. The first-order valence-electron chi connectivity index (χ1n) is 9.50. The molecule has 152 valence electrons. The van der Waals surface area contributed by atoms with Crippen LogP contribution >= 0.6 is 0 Å². The van der Waals surface area contributed by atoms with E-state index in [9.17, 15) is 9.59 Å². The number of hydrazone groups is 1. The minimum atomic E-state index is -0.414. The normalized spacial score (nSPS) is 10.6. The van der Waals surface area contributed by atoms with Crippen molar-refractivity contribution in [3.8, 4) is 11.5 Å². The summed E-state index contributed by atoms with van der Waals surface area (Å²) in [4.78, 5) is 24.3. The Kier molecular flexibility index (Phi) is 6.95. The highest BCUT2D eigenvalue weighted by Crippen LogP contribution is 2.15. The number of nitrogens with one attached hydrogen (secondary N) is 1. The van der Waals surface area contributed by atoms with Gasteiger partial charge in [-0.15, -0.1) is 0 Å². The molecule has 0 aliphatic heterocycles. The van der Waals surface area contributed by atoms with Crippen molar-refractivity contribution in [3.63, 3.8) is 0 Å². The molecular formula is C24H22N2O4. The molecule has 3 rings (SSSR count). The quantitative estimate of drug-likeness (QED) is 0.275. The second kappa shape index (κ2) is 10.0. The van der Waals surface area contributed by atoms with Gasteiger partial charge in [-0.3, -0.25) is 4.79 Å². The number of benzene rings is 3. The maximum absolute atomic E-state index is 12.2. The van der Waals surface area contributed by atoms with Gasteiger partial charge in [-0.25, -0.2) is 10.2 Å². The SMILES string of the molecule is CCOc1ccc(C(=O)N/N=C/c2ccc(OC(=O)c3cccc(C)c3)cc2)cc1. The molecule has 0 saturated carbocycles.